The highest BCUT2D eigenvalue weighted by Crippen LogP contribution is 2.25. The number of methoxy groups -OCH3 is 1. The average molecular weight is 445 g/mol. The third kappa shape index (κ3) is 6.20. The summed E-state index contributed by atoms with van der Waals surface area (Å²) >= 11 is 7.20. The van der Waals surface area contributed by atoms with Crippen molar-refractivity contribution in [2.24, 2.45) is 0 Å². The summed E-state index contributed by atoms with van der Waals surface area (Å²) in [7, 11) is 1.56. The molecule has 0 saturated carbocycles. The molecule has 2 aromatic carbocycles. The van der Waals surface area contributed by atoms with Crippen molar-refractivity contribution in [3.05, 3.63) is 64.1 Å². The van der Waals surface area contributed by atoms with E-state index in [4.69, 9.17) is 16.3 Å². The normalized spacial score (nSPS) is 10.4. The Kier molecular flexibility index (Phi) is 7.26. The molecule has 0 fully saturated rings. The molecule has 0 atom stereocenters. The number of hydrogen-bond donors (Lipinski definition) is 3. The summed E-state index contributed by atoms with van der Waals surface area (Å²) in [6.45, 7) is 1.95. The minimum absolute atomic E-state index is 0.139. The molecule has 3 rings (SSSR count). The van der Waals surface area contributed by atoms with Gasteiger partial charge in [-0.3, -0.25) is 10.1 Å². The van der Waals surface area contributed by atoms with E-state index in [0.717, 1.165) is 11.3 Å². The van der Waals surface area contributed by atoms with Crippen LogP contribution in [0.5, 0.6) is 5.75 Å². The van der Waals surface area contributed by atoms with Crippen LogP contribution in [0.2, 0.25) is 5.02 Å². The number of nitrogens with zero attached hydrogens (tertiary/aromatic N) is 1. The van der Waals surface area contributed by atoms with Gasteiger partial charge in [-0.25, -0.2) is 9.78 Å². The number of amides is 3. The first-order valence-electron chi connectivity index (χ1n) is 9.15. The molecule has 3 amide bonds. The summed E-state index contributed by atoms with van der Waals surface area (Å²) in [5.41, 5.74) is 2.97. The maximum absolute atomic E-state index is 12.3. The van der Waals surface area contributed by atoms with Gasteiger partial charge in [-0.05, 0) is 49.2 Å². The number of benzene rings is 2. The van der Waals surface area contributed by atoms with E-state index >= 15 is 0 Å². The zero-order chi connectivity index (χ0) is 21.5. The van der Waals surface area contributed by atoms with Gasteiger partial charge in [0, 0.05) is 22.5 Å². The molecule has 0 aliphatic heterocycles. The summed E-state index contributed by atoms with van der Waals surface area (Å²) in [5, 5.41) is 11.0. The second-order valence-electron chi connectivity index (χ2n) is 6.49. The maximum atomic E-state index is 12.3. The number of thiazole rings is 1. The van der Waals surface area contributed by atoms with Gasteiger partial charge in [-0.2, -0.15) is 0 Å². The Labute approximate surface area is 183 Å². The number of aromatic nitrogens is 1. The fourth-order valence-electron chi connectivity index (χ4n) is 2.68. The Morgan fingerprint density at radius 1 is 1.13 bits per heavy atom. The van der Waals surface area contributed by atoms with Crippen LogP contribution in [0.4, 0.5) is 21.3 Å². The largest absolute Gasteiger partial charge is 0.495 e. The molecule has 0 spiro atoms. The Bertz CT molecular complexity index is 1050. The van der Waals surface area contributed by atoms with Gasteiger partial charge in [-0.15, -0.1) is 11.3 Å². The fraction of sp³-hybridized carbons (Fsp3) is 0.190. The third-order valence-electron chi connectivity index (χ3n) is 4.09. The summed E-state index contributed by atoms with van der Waals surface area (Å²) in [4.78, 5) is 28.7. The van der Waals surface area contributed by atoms with Crippen LogP contribution in [-0.4, -0.2) is 24.0 Å². The Morgan fingerprint density at radius 2 is 1.97 bits per heavy atom. The second-order valence-corrected chi connectivity index (χ2v) is 7.78. The van der Waals surface area contributed by atoms with E-state index in [1.54, 1.807) is 31.4 Å². The van der Waals surface area contributed by atoms with Gasteiger partial charge >= 0.3 is 6.03 Å². The molecule has 0 saturated heterocycles. The number of ether oxygens (including phenoxy) is 1. The van der Waals surface area contributed by atoms with Crippen molar-refractivity contribution in [1.29, 1.82) is 0 Å². The number of nitrogens with one attached hydrogen (secondary N) is 3. The lowest BCUT2D eigenvalue weighted by molar-refractivity contribution is -0.116. The van der Waals surface area contributed by atoms with Crippen LogP contribution < -0.4 is 20.7 Å². The van der Waals surface area contributed by atoms with Crippen molar-refractivity contribution in [2.45, 2.75) is 19.8 Å². The first-order valence-corrected chi connectivity index (χ1v) is 10.4. The first-order chi connectivity index (χ1) is 14.4. The Hall–Kier alpha value is -3.10. The van der Waals surface area contributed by atoms with Gasteiger partial charge in [0.05, 0.1) is 18.5 Å². The Morgan fingerprint density at radius 3 is 2.73 bits per heavy atom. The molecule has 0 bridgehead atoms. The predicted molar refractivity (Wildman–Crippen MR) is 121 cm³/mol. The molecule has 30 heavy (non-hydrogen) atoms. The highest BCUT2D eigenvalue weighted by molar-refractivity contribution is 7.13. The molecule has 3 N–H and O–H groups in total. The topological polar surface area (TPSA) is 92.4 Å². The van der Waals surface area contributed by atoms with E-state index < -0.39 is 6.03 Å². The molecule has 1 heterocycles. The molecule has 3 aromatic rings. The summed E-state index contributed by atoms with van der Waals surface area (Å²) in [6, 6.07) is 12.0. The number of hydrogen-bond acceptors (Lipinski definition) is 5. The fourth-order valence-corrected chi connectivity index (χ4v) is 3.61. The van der Waals surface area contributed by atoms with E-state index in [-0.39, 0.29) is 12.3 Å². The van der Waals surface area contributed by atoms with Gasteiger partial charge in [0.25, 0.3) is 0 Å². The zero-order valence-corrected chi connectivity index (χ0v) is 18.1. The molecule has 0 aliphatic rings. The minimum Gasteiger partial charge on any atom is -0.495 e. The van der Waals surface area contributed by atoms with Gasteiger partial charge in [-0.1, -0.05) is 23.7 Å². The van der Waals surface area contributed by atoms with Crippen LogP contribution in [0.25, 0.3) is 0 Å². The molecule has 156 valence electrons. The van der Waals surface area contributed by atoms with E-state index in [1.807, 2.05) is 30.5 Å². The smallest absolute Gasteiger partial charge is 0.325 e. The molecule has 0 unspecified atom stereocenters. The molecular formula is C21H21ClN4O3S. The molecule has 7 nitrogen and oxygen atoms in total. The number of rotatable bonds is 7. The molecule has 0 aliphatic carbocycles. The highest BCUT2D eigenvalue weighted by Gasteiger charge is 2.11. The minimum atomic E-state index is -0.414. The van der Waals surface area contributed by atoms with Crippen LogP contribution in [0.3, 0.4) is 0 Å². The van der Waals surface area contributed by atoms with E-state index in [0.29, 0.717) is 33.7 Å². The number of halogens is 1. The van der Waals surface area contributed by atoms with Gasteiger partial charge in [0.1, 0.15) is 5.75 Å². The number of urea groups is 1. The first kappa shape index (κ1) is 21.6. The molecule has 1 aromatic heterocycles. The van der Waals surface area contributed by atoms with Crippen molar-refractivity contribution in [1.82, 2.24) is 4.98 Å². The van der Waals surface area contributed by atoms with Crippen LogP contribution in [-0.2, 0) is 11.2 Å². The van der Waals surface area contributed by atoms with Crippen LogP contribution >= 0.6 is 22.9 Å². The number of carbonyl (C=O) groups is 2. The quantitative estimate of drug-likeness (QED) is 0.459. The lowest BCUT2D eigenvalue weighted by Gasteiger charge is -2.10. The van der Waals surface area contributed by atoms with E-state index in [2.05, 4.69) is 20.9 Å². The predicted octanol–water partition coefficient (Wildman–Crippen LogP) is 5.33. The van der Waals surface area contributed by atoms with Crippen molar-refractivity contribution in [3.8, 4) is 5.75 Å². The van der Waals surface area contributed by atoms with E-state index in [1.165, 1.54) is 11.3 Å². The third-order valence-corrected chi connectivity index (χ3v) is 5.13. The summed E-state index contributed by atoms with van der Waals surface area (Å²) < 4.78 is 5.27. The molecule has 0 radical (unpaired) electrons. The van der Waals surface area contributed by atoms with Gasteiger partial charge < -0.3 is 15.4 Å². The maximum Gasteiger partial charge on any atom is 0.325 e. The van der Waals surface area contributed by atoms with Crippen molar-refractivity contribution < 1.29 is 14.3 Å². The number of aryl methyl sites for hydroxylation is 2. The van der Waals surface area contributed by atoms with Crippen LogP contribution in [0.1, 0.15) is 17.7 Å². The van der Waals surface area contributed by atoms with Crippen molar-refractivity contribution >= 4 is 51.4 Å². The second kappa shape index (κ2) is 10.1. The SMILES string of the molecule is COc1ccc(C)cc1NC(=O)CCc1csc(NC(=O)Nc2cccc(Cl)c2)n1. The number of carbonyl (C=O) groups excluding carboxylic acids is 2. The molecule has 9 heteroatoms. The van der Waals surface area contributed by atoms with Gasteiger partial charge in [0.15, 0.2) is 5.13 Å². The van der Waals surface area contributed by atoms with Crippen LogP contribution in [0, 0.1) is 6.92 Å². The van der Waals surface area contributed by atoms with E-state index in [9.17, 15) is 9.59 Å². The molecular weight excluding hydrogens is 424 g/mol. The highest BCUT2D eigenvalue weighted by atomic mass is 35.5. The summed E-state index contributed by atoms with van der Waals surface area (Å²) in [6.07, 6.45) is 0.711. The lowest BCUT2D eigenvalue weighted by Crippen LogP contribution is -2.19. The van der Waals surface area contributed by atoms with Crippen molar-refractivity contribution in [2.75, 3.05) is 23.1 Å². The average Bonchev–Trinajstić information content (AvgIpc) is 3.14. The van der Waals surface area contributed by atoms with Crippen molar-refractivity contribution in [3.63, 3.8) is 0 Å². The monoisotopic (exact) mass is 444 g/mol. The standard InChI is InChI=1S/C21H21ClN4O3S/c1-13-6-8-18(29-2)17(10-13)25-19(27)9-7-16-12-30-21(24-16)26-20(28)23-15-5-3-4-14(22)11-15/h3-6,8,10-12H,7,9H2,1-2H3,(H,25,27)(H2,23,24,26,28). The van der Waals surface area contributed by atoms with Crippen LogP contribution in [0.15, 0.2) is 47.8 Å². The zero-order valence-electron chi connectivity index (χ0n) is 16.5. The summed E-state index contributed by atoms with van der Waals surface area (Å²) in [5.74, 6) is 0.472. The lowest BCUT2D eigenvalue weighted by atomic mass is 10.2. The Balaban J connectivity index is 1.50. The van der Waals surface area contributed by atoms with Gasteiger partial charge in [0.2, 0.25) is 5.91 Å². The number of anilines is 3.